The zero-order chi connectivity index (χ0) is 18.7. The average molecular weight is 356 g/mol. The van der Waals surface area contributed by atoms with Crippen molar-refractivity contribution in [1.82, 2.24) is 19.6 Å². The smallest absolute Gasteiger partial charge is 0.271 e. The van der Waals surface area contributed by atoms with Gasteiger partial charge < -0.3 is 5.32 Å². The van der Waals surface area contributed by atoms with Crippen LogP contribution in [0.2, 0.25) is 0 Å². The number of aromatic nitrogens is 2. The minimum atomic E-state index is -0.0928. The summed E-state index contributed by atoms with van der Waals surface area (Å²) in [7, 11) is 1.84. The summed E-state index contributed by atoms with van der Waals surface area (Å²) in [6, 6.07) is 11.9. The first-order valence-electron chi connectivity index (χ1n) is 9.33. The fourth-order valence-electron chi connectivity index (χ4n) is 3.84. The Morgan fingerprint density at radius 3 is 2.69 bits per heavy atom. The molecule has 1 fully saturated rings. The Kier molecular flexibility index (Phi) is 5.61. The average Bonchev–Trinajstić information content (AvgIpc) is 3.18. The van der Waals surface area contributed by atoms with E-state index in [9.17, 15) is 9.59 Å². The highest BCUT2D eigenvalue weighted by Gasteiger charge is 2.28. The molecule has 26 heavy (non-hydrogen) atoms. The van der Waals surface area contributed by atoms with Crippen molar-refractivity contribution in [2.24, 2.45) is 7.05 Å². The lowest BCUT2D eigenvalue weighted by atomic mass is 10.1. The molecular formula is C20H28N4O2. The van der Waals surface area contributed by atoms with Crippen LogP contribution < -0.4 is 10.9 Å². The van der Waals surface area contributed by atoms with E-state index >= 15 is 0 Å². The van der Waals surface area contributed by atoms with Crippen molar-refractivity contribution < 1.29 is 4.79 Å². The van der Waals surface area contributed by atoms with Gasteiger partial charge in [0.1, 0.15) is 0 Å². The predicted octanol–water partition coefficient (Wildman–Crippen LogP) is 2.06. The summed E-state index contributed by atoms with van der Waals surface area (Å²) in [5.74, 6) is 0.0439. The molecule has 1 aromatic carbocycles. The lowest BCUT2D eigenvalue weighted by Gasteiger charge is -2.27. The van der Waals surface area contributed by atoms with Gasteiger partial charge in [0, 0.05) is 31.6 Å². The minimum absolute atomic E-state index is 0.0439. The summed E-state index contributed by atoms with van der Waals surface area (Å²) >= 11 is 0. The number of nitrogens with zero attached hydrogens (tertiary/aromatic N) is 3. The molecule has 1 N–H and O–H groups in total. The summed E-state index contributed by atoms with van der Waals surface area (Å²) < 4.78 is 3.41. The largest absolute Gasteiger partial charge is 0.350 e. The van der Waals surface area contributed by atoms with Gasteiger partial charge in [0.15, 0.2) is 0 Å². The molecule has 6 nitrogen and oxygen atoms in total. The topological polar surface area (TPSA) is 59.3 Å². The molecule has 1 atom stereocenters. The number of amides is 1. The number of rotatable bonds is 6. The third-order valence-electron chi connectivity index (χ3n) is 5.19. The monoisotopic (exact) mass is 356 g/mol. The Hall–Kier alpha value is -2.34. The van der Waals surface area contributed by atoms with Crippen LogP contribution >= 0.6 is 0 Å². The molecule has 0 radical (unpaired) electrons. The van der Waals surface area contributed by atoms with Gasteiger partial charge in [-0.05, 0) is 45.4 Å². The maximum atomic E-state index is 12.4. The van der Waals surface area contributed by atoms with Crippen molar-refractivity contribution in [2.45, 2.75) is 51.7 Å². The molecule has 2 heterocycles. The molecule has 2 aromatic rings. The Morgan fingerprint density at radius 1 is 1.27 bits per heavy atom. The number of carbonyl (C=O) groups is 1. The van der Waals surface area contributed by atoms with Gasteiger partial charge in [-0.2, -0.15) is 0 Å². The molecule has 140 valence electrons. The fraction of sp³-hybridized carbons (Fsp3) is 0.500. The lowest BCUT2D eigenvalue weighted by Crippen LogP contribution is -2.39. The first kappa shape index (κ1) is 18.5. The molecule has 0 bridgehead atoms. The predicted molar refractivity (Wildman–Crippen MR) is 102 cm³/mol. The molecule has 1 unspecified atom stereocenters. The maximum absolute atomic E-state index is 12.4. The van der Waals surface area contributed by atoms with Crippen molar-refractivity contribution >= 4 is 5.91 Å². The van der Waals surface area contributed by atoms with Crippen molar-refractivity contribution in [1.29, 1.82) is 0 Å². The highest BCUT2D eigenvalue weighted by Crippen LogP contribution is 2.22. The van der Waals surface area contributed by atoms with Crippen LogP contribution in [0.1, 0.15) is 38.8 Å². The van der Waals surface area contributed by atoms with Crippen LogP contribution in [0.15, 0.2) is 41.2 Å². The van der Waals surface area contributed by atoms with Crippen molar-refractivity contribution in [3.05, 3.63) is 52.4 Å². The second-order valence-electron chi connectivity index (χ2n) is 7.25. The van der Waals surface area contributed by atoms with Crippen LogP contribution in [-0.2, 0) is 18.4 Å². The number of hydrogen-bond acceptors (Lipinski definition) is 3. The lowest BCUT2D eigenvalue weighted by molar-refractivity contribution is -0.122. The SMILES string of the molecule is CC(C)N1CCCC1CC(=O)NCc1cc(=O)n(-c2ccccc2)n1C. The second kappa shape index (κ2) is 7.91. The number of nitrogens with one attached hydrogen (secondary N) is 1. The Morgan fingerprint density at radius 2 is 2.00 bits per heavy atom. The van der Waals surface area contributed by atoms with Gasteiger partial charge in [0.05, 0.1) is 17.9 Å². The van der Waals surface area contributed by atoms with Crippen LogP contribution in [-0.4, -0.2) is 38.8 Å². The normalized spacial score (nSPS) is 17.8. The van der Waals surface area contributed by atoms with Crippen molar-refractivity contribution in [3.63, 3.8) is 0 Å². The van der Waals surface area contributed by atoms with Gasteiger partial charge in [-0.3, -0.25) is 19.2 Å². The molecule has 1 aliphatic rings. The highest BCUT2D eigenvalue weighted by atomic mass is 16.2. The zero-order valence-corrected chi connectivity index (χ0v) is 15.8. The highest BCUT2D eigenvalue weighted by molar-refractivity contribution is 5.76. The van der Waals surface area contributed by atoms with Gasteiger partial charge in [0.2, 0.25) is 5.91 Å². The van der Waals surface area contributed by atoms with E-state index in [0.717, 1.165) is 30.8 Å². The number of benzene rings is 1. The van der Waals surface area contributed by atoms with Gasteiger partial charge >= 0.3 is 0 Å². The quantitative estimate of drug-likeness (QED) is 0.862. The Bertz CT molecular complexity index is 807. The number of carbonyl (C=O) groups excluding carboxylic acids is 1. The molecule has 1 aromatic heterocycles. The van der Waals surface area contributed by atoms with Crippen LogP contribution in [0, 0.1) is 0 Å². The van der Waals surface area contributed by atoms with Gasteiger partial charge in [-0.25, -0.2) is 4.68 Å². The van der Waals surface area contributed by atoms with Gasteiger partial charge in [0.25, 0.3) is 5.56 Å². The first-order chi connectivity index (χ1) is 12.5. The fourth-order valence-corrected chi connectivity index (χ4v) is 3.84. The minimum Gasteiger partial charge on any atom is -0.350 e. The summed E-state index contributed by atoms with van der Waals surface area (Å²) in [5, 5.41) is 2.98. The van der Waals surface area contributed by atoms with Crippen LogP contribution in [0.4, 0.5) is 0 Å². The first-order valence-corrected chi connectivity index (χ1v) is 9.33. The summed E-state index contributed by atoms with van der Waals surface area (Å²) in [5.41, 5.74) is 1.51. The molecule has 1 amide bonds. The van der Waals surface area contributed by atoms with Gasteiger partial charge in [-0.1, -0.05) is 18.2 Å². The zero-order valence-electron chi connectivity index (χ0n) is 15.8. The number of para-hydroxylation sites is 1. The van der Waals surface area contributed by atoms with E-state index in [0.29, 0.717) is 25.0 Å². The molecular weight excluding hydrogens is 328 g/mol. The summed E-state index contributed by atoms with van der Waals surface area (Å²) in [4.78, 5) is 27.1. The van der Waals surface area contributed by atoms with E-state index in [-0.39, 0.29) is 11.5 Å². The molecule has 0 saturated carbocycles. The van der Waals surface area contributed by atoms with Crippen LogP contribution in [0.3, 0.4) is 0 Å². The van der Waals surface area contributed by atoms with Crippen LogP contribution in [0.5, 0.6) is 0 Å². The van der Waals surface area contributed by atoms with E-state index in [2.05, 4.69) is 24.1 Å². The van der Waals surface area contributed by atoms with Crippen LogP contribution in [0.25, 0.3) is 5.69 Å². The molecule has 6 heteroatoms. The third kappa shape index (κ3) is 3.90. The third-order valence-corrected chi connectivity index (χ3v) is 5.19. The Balaban J connectivity index is 1.63. The standard InChI is InChI=1S/C20H28N4O2/c1-15(2)23-11-7-10-17(23)12-19(25)21-14-18-13-20(26)24(22(18)3)16-8-5-4-6-9-16/h4-6,8-9,13,15,17H,7,10-12,14H2,1-3H3,(H,21,25). The van der Waals surface area contributed by atoms with E-state index in [1.807, 2.05) is 37.4 Å². The van der Waals surface area contributed by atoms with E-state index in [4.69, 9.17) is 0 Å². The molecule has 0 aliphatic carbocycles. The summed E-state index contributed by atoms with van der Waals surface area (Å²) in [6.07, 6.45) is 2.75. The summed E-state index contributed by atoms with van der Waals surface area (Å²) in [6.45, 7) is 5.79. The second-order valence-corrected chi connectivity index (χ2v) is 7.25. The molecule has 1 saturated heterocycles. The molecule has 1 aliphatic heterocycles. The molecule has 3 rings (SSSR count). The molecule has 0 spiro atoms. The Labute approximate surface area is 154 Å². The number of likely N-dealkylation sites (tertiary alicyclic amines) is 1. The van der Waals surface area contributed by atoms with E-state index < -0.39 is 0 Å². The van der Waals surface area contributed by atoms with E-state index in [1.54, 1.807) is 15.4 Å². The van der Waals surface area contributed by atoms with Gasteiger partial charge in [-0.15, -0.1) is 0 Å². The van der Waals surface area contributed by atoms with E-state index in [1.165, 1.54) is 0 Å². The van der Waals surface area contributed by atoms with Crippen molar-refractivity contribution in [2.75, 3.05) is 6.54 Å². The van der Waals surface area contributed by atoms with Crippen molar-refractivity contribution in [3.8, 4) is 5.69 Å². The number of hydrogen-bond donors (Lipinski definition) is 1. The maximum Gasteiger partial charge on any atom is 0.271 e.